The first-order valence-corrected chi connectivity index (χ1v) is 18.1. The molecule has 2 aromatic carbocycles. The molecule has 2 heterocycles. The molecule has 5 rings (SSSR count). The Hall–Kier alpha value is -3.35. The van der Waals surface area contributed by atoms with Gasteiger partial charge >= 0.3 is 5.96 Å². The number of rotatable bonds is 8. The molecule has 2 atom stereocenters. The zero-order chi connectivity index (χ0) is 33.9. The average molecular weight is 643 g/mol. The SMILES string of the molecule is Cc1cc(C(C)(C)C)cc(C=NC2CCCCC2N=Cc2cc(C(C)(C)C)cc(CCCN3CCCN4CCC[N+](C)=C34)c2O)c1O. The van der Waals surface area contributed by atoms with E-state index in [-0.39, 0.29) is 22.9 Å². The van der Waals surface area contributed by atoms with Crippen molar-refractivity contribution in [3.63, 3.8) is 0 Å². The van der Waals surface area contributed by atoms with E-state index >= 15 is 0 Å². The summed E-state index contributed by atoms with van der Waals surface area (Å²) >= 11 is 0. The van der Waals surface area contributed by atoms with Crippen molar-refractivity contribution in [1.82, 2.24) is 9.80 Å². The molecule has 0 aromatic heterocycles. The highest BCUT2D eigenvalue weighted by molar-refractivity contribution is 5.86. The van der Waals surface area contributed by atoms with Gasteiger partial charge in [-0.3, -0.25) is 24.4 Å². The number of hydrogen-bond acceptors (Lipinski definition) is 6. The van der Waals surface area contributed by atoms with Crippen LogP contribution in [0.4, 0.5) is 0 Å². The van der Waals surface area contributed by atoms with Gasteiger partial charge in [0.15, 0.2) is 0 Å². The van der Waals surface area contributed by atoms with Gasteiger partial charge in [0.25, 0.3) is 0 Å². The molecular weight excluding hydrogens is 582 g/mol. The third-order valence-electron chi connectivity index (χ3n) is 10.3. The molecule has 1 saturated heterocycles. The van der Waals surface area contributed by atoms with Crippen LogP contribution in [0.5, 0.6) is 11.5 Å². The highest BCUT2D eigenvalue weighted by Crippen LogP contribution is 2.33. The third kappa shape index (κ3) is 8.39. The van der Waals surface area contributed by atoms with Crippen molar-refractivity contribution in [2.45, 2.75) is 123 Å². The van der Waals surface area contributed by atoms with E-state index in [2.05, 4.69) is 87.2 Å². The summed E-state index contributed by atoms with van der Waals surface area (Å²) in [7, 11) is 2.22. The molecule has 1 saturated carbocycles. The van der Waals surface area contributed by atoms with Crippen LogP contribution in [-0.2, 0) is 17.3 Å². The molecule has 0 amide bonds. The second-order valence-electron chi connectivity index (χ2n) is 16.3. The van der Waals surface area contributed by atoms with E-state index in [0.717, 1.165) is 93.5 Å². The fourth-order valence-corrected chi connectivity index (χ4v) is 7.39. The Morgan fingerprint density at radius 3 is 1.98 bits per heavy atom. The third-order valence-corrected chi connectivity index (χ3v) is 10.3. The molecule has 7 nitrogen and oxygen atoms in total. The van der Waals surface area contributed by atoms with Gasteiger partial charge in [0, 0.05) is 36.4 Å². The molecule has 2 fully saturated rings. The van der Waals surface area contributed by atoms with Crippen molar-refractivity contribution in [1.29, 1.82) is 0 Å². The molecule has 3 aliphatic rings. The molecule has 0 spiro atoms. The number of benzene rings is 2. The lowest BCUT2D eigenvalue weighted by molar-refractivity contribution is -0.515. The molecule has 1 aliphatic carbocycles. The number of fused-ring (bicyclic) bond motifs is 1. The predicted octanol–water partition coefficient (Wildman–Crippen LogP) is 7.19. The van der Waals surface area contributed by atoms with E-state index in [9.17, 15) is 10.2 Å². The number of phenolic OH excluding ortho intramolecular Hbond substituents is 2. The monoisotopic (exact) mass is 642 g/mol. The van der Waals surface area contributed by atoms with Crippen molar-refractivity contribution < 1.29 is 14.8 Å². The molecule has 256 valence electrons. The maximum Gasteiger partial charge on any atom is 0.350 e. The molecule has 7 heteroatoms. The lowest BCUT2D eigenvalue weighted by Crippen LogP contribution is -2.57. The minimum absolute atomic E-state index is 0.0129. The normalized spacial score (nSPS) is 21.3. The zero-order valence-corrected chi connectivity index (χ0v) is 30.4. The summed E-state index contributed by atoms with van der Waals surface area (Å²) in [6.45, 7) is 20.8. The number of nitrogens with zero attached hydrogens (tertiary/aromatic N) is 5. The molecule has 2 aliphatic heterocycles. The van der Waals surface area contributed by atoms with Crippen LogP contribution in [-0.4, -0.2) is 94.8 Å². The van der Waals surface area contributed by atoms with Crippen molar-refractivity contribution in [2.75, 3.05) is 39.8 Å². The summed E-state index contributed by atoms with van der Waals surface area (Å²) in [5.41, 5.74) is 5.82. The minimum atomic E-state index is -0.0432. The Kier molecular flexibility index (Phi) is 10.7. The lowest BCUT2D eigenvalue weighted by atomic mass is 9.84. The van der Waals surface area contributed by atoms with Crippen molar-refractivity contribution in [2.24, 2.45) is 9.98 Å². The van der Waals surface area contributed by atoms with Crippen LogP contribution in [0.15, 0.2) is 34.3 Å². The van der Waals surface area contributed by atoms with Crippen molar-refractivity contribution in [3.05, 3.63) is 57.6 Å². The Labute approximate surface area is 284 Å². The Balaban J connectivity index is 1.34. The number of aliphatic imine (C=N–C) groups is 2. The van der Waals surface area contributed by atoms with Crippen LogP contribution in [0.2, 0.25) is 0 Å². The summed E-state index contributed by atoms with van der Waals surface area (Å²) < 4.78 is 2.42. The molecule has 47 heavy (non-hydrogen) atoms. The van der Waals surface area contributed by atoms with E-state index in [0.29, 0.717) is 11.5 Å². The highest BCUT2D eigenvalue weighted by Gasteiger charge is 2.34. The van der Waals surface area contributed by atoms with Gasteiger partial charge in [-0.25, -0.2) is 0 Å². The zero-order valence-electron chi connectivity index (χ0n) is 30.4. The first-order chi connectivity index (χ1) is 22.2. The van der Waals surface area contributed by atoms with Gasteiger partial charge in [0.1, 0.15) is 11.5 Å². The van der Waals surface area contributed by atoms with Crippen LogP contribution in [0, 0.1) is 6.92 Å². The predicted molar refractivity (Wildman–Crippen MR) is 196 cm³/mol. The number of aromatic hydroxyl groups is 2. The van der Waals surface area contributed by atoms with Crippen LogP contribution in [0.3, 0.4) is 0 Å². The van der Waals surface area contributed by atoms with Gasteiger partial charge in [0.2, 0.25) is 0 Å². The number of aryl methyl sites for hydroxylation is 2. The summed E-state index contributed by atoms with van der Waals surface area (Å²) in [4.78, 5) is 15.2. The Bertz CT molecular complexity index is 1510. The van der Waals surface area contributed by atoms with Crippen LogP contribution < -0.4 is 0 Å². The number of hydrogen-bond donors (Lipinski definition) is 2. The van der Waals surface area contributed by atoms with Crippen molar-refractivity contribution in [3.8, 4) is 11.5 Å². The summed E-state index contributed by atoms with van der Waals surface area (Å²) in [5, 5.41) is 22.4. The Morgan fingerprint density at radius 1 is 0.787 bits per heavy atom. The maximum atomic E-state index is 11.6. The maximum absolute atomic E-state index is 11.6. The van der Waals surface area contributed by atoms with Crippen LogP contribution in [0.1, 0.15) is 120 Å². The standard InChI is InChI=1S/C40H59N5O2/c1-28-22-32(39(2,3)4)24-30(36(28)46)26-41-34-15-9-10-16-35(34)42-27-31-25-33(40(5,6)7)23-29(37(31)47)14-11-18-44-20-13-21-45-19-12-17-43(8)38(44)45/h22-27,34-35H,9-21H2,1-8H3,(H-,41,42,46,47)/p+1. The lowest BCUT2D eigenvalue weighted by Gasteiger charge is -2.36. The van der Waals surface area contributed by atoms with Gasteiger partial charge < -0.3 is 10.2 Å². The molecular formula is C40H60N5O2+. The summed E-state index contributed by atoms with van der Waals surface area (Å²) in [6, 6.07) is 8.56. The second-order valence-corrected chi connectivity index (χ2v) is 16.3. The largest absolute Gasteiger partial charge is 0.507 e. The topological polar surface area (TPSA) is 74.7 Å². The van der Waals surface area contributed by atoms with Crippen LogP contribution >= 0.6 is 0 Å². The highest BCUT2D eigenvalue weighted by atomic mass is 16.3. The summed E-state index contributed by atoms with van der Waals surface area (Å²) in [5.74, 6) is 2.05. The number of phenols is 2. The van der Waals surface area contributed by atoms with Gasteiger partial charge in [-0.1, -0.05) is 66.5 Å². The van der Waals surface area contributed by atoms with E-state index in [1.54, 1.807) is 0 Å². The molecule has 2 aromatic rings. The number of guanidine groups is 1. The molecule has 2 unspecified atom stereocenters. The smallest absolute Gasteiger partial charge is 0.350 e. The quantitative estimate of drug-likeness (QED) is 0.236. The van der Waals surface area contributed by atoms with E-state index in [1.165, 1.54) is 29.9 Å². The van der Waals surface area contributed by atoms with E-state index < -0.39 is 0 Å². The van der Waals surface area contributed by atoms with Crippen LogP contribution in [0.25, 0.3) is 0 Å². The second kappa shape index (κ2) is 14.4. The average Bonchev–Trinajstić information content (AvgIpc) is 3.01. The Morgan fingerprint density at radius 2 is 1.36 bits per heavy atom. The first kappa shape index (κ1) is 35.0. The fraction of sp³-hybridized carbons (Fsp3) is 0.625. The van der Waals surface area contributed by atoms with E-state index in [4.69, 9.17) is 9.98 Å². The fourth-order valence-electron chi connectivity index (χ4n) is 7.39. The minimum Gasteiger partial charge on any atom is -0.507 e. The van der Waals surface area contributed by atoms with Gasteiger partial charge in [-0.2, -0.15) is 0 Å². The molecule has 2 N–H and O–H groups in total. The van der Waals surface area contributed by atoms with Gasteiger partial charge in [-0.05, 0) is 77.8 Å². The van der Waals surface area contributed by atoms with Gasteiger partial charge in [0.05, 0.1) is 51.9 Å². The first-order valence-electron chi connectivity index (χ1n) is 18.1. The summed E-state index contributed by atoms with van der Waals surface area (Å²) in [6.07, 6.45) is 12.2. The van der Waals surface area contributed by atoms with E-state index in [1.807, 2.05) is 19.4 Å². The molecule has 0 radical (unpaired) electrons. The van der Waals surface area contributed by atoms with Crippen molar-refractivity contribution >= 4 is 18.4 Å². The molecule has 0 bridgehead atoms. The van der Waals surface area contributed by atoms with Gasteiger partial charge in [-0.15, -0.1) is 0 Å².